The van der Waals surface area contributed by atoms with Crippen molar-refractivity contribution < 1.29 is 28.7 Å². The number of alkyl carbamates (subject to hydrolysis) is 2. The van der Waals surface area contributed by atoms with E-state index in [0.717, 1.165) is 53.4 Å². The number of nitrogens with zero attached hydrogens (tertiary/aromatic N) is 4. The quantitative estimate of drug-likeness (QED) is 0.0956. The van der Waals surface area contributed by atoms with Crippen molar-refractivity contribution in [2.24, 2.45) is 23.7 Å². The average Bonchev–Trinajstić information content (AvgIpc) is 4.23. The Morgan fingerprint density at radius 2 is 1.04 bits per heavy atom. The summed E-state index contributed by atoms with van der Waals surface area (Å²) >= 11 is 0. The maximum atomic E-state index is 13.9. The van der Waals surface area contributed by atoms with Gasteiger partial charge in [-0.25, -0.2) is 19.6 Å². The van der Waals surface area contributed by atoms with E-state index in [1.54, 1.807) is 0 Å². The largest absolute Gasteiger partial charge is 0.453 e. The fourth-order valence-electron chi connectivity index (χ4n) is 11.9. The molecule has 69 heavy (non-hydrogen) atoms. The minimum absolute atomic E-state index is 0.111. The summed E-state index contributed by atoms with van der Waals surface area (Å²) in [6.07, 6.45) is 11.2. The SMILES string of the molecule is COC(=O)N[C@H](C(=O)N1C[C@H](C)C[C@H]1c1ncc(-c2ccc(-c3ccc(-c4ccc(-c5cnc([C@@H]6C[C@@H](C)CN6C(=O)[C@@H](NC(=O)OC)C(C)C)[nH]5)cc4)c4c3CCC43CCCC3)cc2)[nH]1)C(C)C. The maximum absolute atomic E-state index is 13.9. The van der Waals surface area contributed by atoms with E-state index in [1.165, 1.54) is 79.7 Å². The Labute approximate surface area is 405 Å². The van der Waals surface area contributed by atoms with Crippen LogP contribution in [0, 0.1) is 23.7 Å². The number of aromatic nitrogens is 4. The summed E-state index contributed by atoms with van der Waals surface area (Å²) in [4.78, 5) is 72.5. The number of hydrogen-bond donors (Lipinski definition) is 4. The van der Waals surface area contributed by atoms with E-state index in [0.29, 0.717) is 13.1 Å². The Hall–Kier alpha value is -6.44. The second kappa shape index (κ2) is 19.5. The van der Waals surface area contributed by atoms with E-state index in [-0.39, 0.29) is 53.0 Å². The molecule has 9 rings (SSSR count). The van der Waals surface area contributed by atoms with Gasteiger partial charge in [-0.1, -0.05) is 115 Å². The molecule has 4 aliphatic rings. The monoisotopic (exact) mass is 937 g/mol. The molecule has 0 bridgehead atoms. The lowest BCUT2D eigenvalue weighted by molar-refractivity contribution is -0.136. The molecule has 3 fully saturated rings. The normalized spacial score (nSPS) is 21.5. The van der Waals surface area contributed by atoms with Crippen molar-refractivity contribution in [3.8, 4) is 44.8 Å². The Balaban J connectivity index is 0.942. The maximum Gasteiger partial charge on any atom is 0.407 e. The number of hydrogen-bond acceptors (Lipinski definition) is 8. The highest BCUT2D eigenvalue weighted by molar-refractivity contribution is 5.87. The molecule has 4 amide bonds. The number of nitrogens with one attached hydrogen (secondary N) is 4. The van der Waals surface area contributed by atoms with Crippen molar-refractivity contribution in [1.82, 2.24) is 40.4 Å². The zero-order valence-corrected chi connectivity index (χ0v) is 41.4. The molecule has 14 nitrogen and oxygen atoms in total. The van der Waals surface area contributed by atoms with Gasteiger partial charge < -0.3 is 39.9 Å². The lowest BCUT2D eigenvalue weighted by Gasteiger charge is -2.30. The third-order valence-electron chi connectivity index (χ3n) is 15.5. The van der Waals surface area contributed by atoms with E-state index < -0.39 is 24.3 Å². The predicted octanol–water partition coefficient (Wildman–Crippen LogP) is 10.1. The van der Waals surface area contributed by atoms with E-state index in [2.05, 4.69) is 95.1 Å². The number of rotatable bonds is 12. The average molecular weight is 937 g/mol. The van der Waals surface area contributed by atoms with Crippen LogP contribution in [0.2, 0.25) is 0 Å². The van der Waals surface area contributed by atoms with Crippen molar-refractivity contribution in [3.63, 3.8) is 0 Å². The highest BCUT2D eigenvalue weighted by Gasteiger charge is 2.45. The molecular formula is C55H68N8O6. The first-order valence-electron chi connectivity index (χ1n) is 25.0. The van der Waals surface area contributed by atoms with Gasteiger partial charge in [0.1, 0.15) is 23.7 Å². The third-order valence-corrected chi connectivity index (χ3v) is 15.5. The second-order valence-corrected chi connectivity index (χ2v) is 20.9. The summed E-state index contributed by atoms with van der Waals surface area (Å²) in [5.41, 5.74) is 12.0. The van der Waals surface area contributed by atoms with Gasteiger partial charge in [0, 0.05) is 13.1 Å². The van der Waals surface area contributed by atoms with E-state index in [4.69, 9.17) is 19.4 Å². The van der Waals surface area contributed by atoms with Crippen molar-refractivity contribution in [2.45, 2.75) is 122 Å². The molecule has 1 saturated carbocycles. The highest BCUT2D eigenvalue weighted by Crippen LogP contribution is 2.55. The number of benzene rings is 3. The van der Waals surface area contributed by atoms with Crippen LogP contribution in [0.5, 0.6) is 0 Å². The number of likely N-dealkylation sites (tertiary alicyclic amines) is 2. The number of H-pyrrole nitrogens is 2. The molecule has 0 unspecified atom stereocenters. The van der Waals surface area contributed by atoms with Gasteiger partial charge in [0.15, 0.2) is 0 Å². The van der Waals surface area contributed by atoms with E-state index in [9.17, 15) is 19.2 Å². The smallest absolute Gasteiger partial charge is 0.407 e. The summed E-state index contributed by atoms with van der Waals surface area (Å²) in [7, 11) is 2.61. The van der Waals surface area contributed by atoms with Gasteiger partial charge in [-0.3, -0.25) is 9.59 Å². The van der Waals surface area contributed by atoms with Gasteiger partial charge in [0.05, 0.1) is 50.1 Å². The molecule has 2 aliphatic heterocycles. The Morgan fingerprint density at radius 1 is 0.623 bits per heavy atom. The molecule has 14 heteroatoms. The lowest BCUT2D eigenvalue weighted by atomic mass is 9.76. The van der Waals surface area contributed by atoms with Crippen LogP contribution in [-0.4, -0.2) is 93.1 Å². The highest BCUT2D eigenvalue weighted by atomic mass is 16.5. The molecule has 4 N–H and O–H groups in total. The number of fused-ring (bicyclic) bond motifs is 2. The zero-order valence-electron chi connectivity index (χ0n) is 41.4. The number of amides is 4. The Kier molecular flexibility index (Phi) is 13.5. The number of imidazole rings is 2. The fourth-order valence-corrected chi connectivity index (χ4v) is 11.9. The third kappa shape index (κ3) is 9.26. The molecule has 2 aliphatic carbocycles. The van der Waals surface area contributed by atoms with Crippen LogP contribution in [-0.2, 0) is 30.9 Å². The van der Waals surface area contributed by atoms with Crippen LogP contribution >= 0.6 is 0 Å². The van der Waals surface area contributed by atoms with Crippen molar-refractivity contribution in [1.29, 1.82) is 0 Å². The first-order valence-corrected chi connectivity index (χ1v) is 25.0. The van der Waals surface area contributed by atoms with Crippen LogP contribution < -0.4 is 10.6 Å². The minimum atomic E-state index is -0.697. The Bertz CT molecular complexity index is 2680. The molecule has 5 aromatic rings. The first kappa shape index (κ1) is 47.6. The number of carbonyl (C=O) groups excluding carboxylic acids is 4. The number of methoxy groups -OCH3 is 2. The summed E-state index contributed by atoms with van der Waals surface area (Å²) in [5, 5.41) is 5.49. The second-order valence-electron chi connectivity index (χ2n) is 20.9. The Morgan fingerprint density at radius 3 is 1.48 bits per heavy atom. The van der Waals surface area contributed by atoms with Gasteiger partial charge in [0.25, 0.3) is 0 Å². The van der Waals surface area contributed by atoms with Gasteiger partial charge in [0.2, 0.25) is 11.8 Å². The van der Waals surface area contributed by atoms with Gasteiger partial charge in [-0.05, 0) is 112 Å². The van der Waals surface area contributed by atoms with Gasteiger partial charge in [-0.15, -0.1) is 0 Å². The molecule has 1 spiro atoms. The van der Waals surface area contributed by atoms with Gasteiger partial charge >= 0.3 is 12.2 Å². The topological polar surface area (TPSA) is 175 Å². The van der Waals surface area contributed by atoms with Crippen molar-refractivity contribution in [2.75, 3.05) is 27.3 Å². The summed E-state index contributed by atoms with van der Waals surface area (Å²) < 4.78 is 9.66. The molecule has 0 radical (unpaired) electrons. The zero-order chi connectivity index (χ0) is 48.7. The lowest BCUT2D eigenvalue weighted by Crippen LogP contribution is -2.51. The number of aromatic amines is 2. The predicted molar refractivity (Wildman–Crippen MR) is 266 cm³/mol. The molecule has 4 heterocycles. The van der Waals surface area contributed by atoms with E-state index >= 15 is 0 Å². The van der Waals surface area contributed by atoms with Crippen LogP contribution in [0.25, 0.3) is 44.8 Å². The van der Waals surface area contributed by atoms with Crippen LogP contribution in [0.3, 0.4) is 0 Å². The van der Waals surface area contributed by atoms with Crippen molar-refractivity contribution >= 4 is 24.0 Å². The number of ether oxygens (including phenoxy) is 2. The van der Waals surface area contributed by atoms with Crippen LogP contribution in [0.4, 0.5) is 9.59 Å². The fraction of sp³-hybridized carbons (Fsp3) is 0.491. The summed E-state index contributed by atoms with van der Waals surface area (Å²) in [6.45, 7) is 13.2. The first-order chi connectivity index (χ1) is 33.2. The molecule has 2 aromatic heterocycles. The van der Waals surface area contributed by atoms with Crippen LogP contribution in [0.15, 0.2) is 73.1 Å². The molecule has 2 saturated heterocycles. The molecule has 6 atom stereocenters. The minimum Gasteiger partial charge on any atom is -0.453 e. The standard InChI is InChI=1S/C55H68N8O6/c1-31(2)47(60-53(66)68-7)51(64)62-29-33(5)25-44(62)49-56-27-42(58-49)37-15-11-35(12-16-37)39-19-20-40(46-41(39)21-24-55(46)22-9-10-23-55)36-13-17-38(18-14-36)43-28-57-50(59-43)45-26-34(6)30-63(45)52(65)48(32(3)4)61-54(67)69-8/h11-20,27-28,31-34,44-45,47-48H,9-10,21-26,29-30H2,1-8H3,(H,56,58)(H,57,59)(H,60,66)(H,61,67)/t33-,34-,44+,45+,47+,48+/m1/s1. The summed E-state index contributed by atoms with van der Waals surface area (Å²) in [5.74, 6) is 1.58. The molecular weight excluding hydrogens is 869 g/mol. The number of carbonyl (C=O) groups is 4. The molecule has 364 valence electrons. The summed E-state index contributed by atoms with van der Waals surface area (Å²) in [6, 6.07) is 20.4. The van der Waals surface area contributed by atoms with E-state index in [1.807, 2.05) is 49.9 Å². The van der Waals surface area contributed by atoms with Gasteiger partial charge in [-0.2, -0.15) is 0 Å². The van der Waals surface area contributed by atoms with Crippen LogP contribution in [0.1, 0.15) is 121 Å². The van der Waals surface area contributed by atoms with Crippen molar-refractivity contribution in [3.05, 3.63) is 95.8 Å². The molecule has 3 aromatic carbocycles.